The van der Waals surface area contributed by atoms with E-state index in [0.29, 0.717) is 16.8 Å². The van der Waals surface area contributed by atoms with Crippen molar-refractivity contribution in [3.05, 3.63) is 65.5 Å². The van der Waals surface area contributed by atoms with Crippen molar-refractivity contribution < 1.29 is 14.3 Å². The van der Waals surface area contributed by atoms with E-state index in [2.05, 4.69) is 0 Å². The first-order chi connectivity index (χ1) is 9.05. The summed E-state index contributed by atoms with van der Waals surface area (Å²) in [6.45, 7) is 0. The lowest BCUT2D eigenvalue weighted by Crippen LogP contribution is -2.39. The Bertz CT molecular complexity index is 653. The van der Waals surface area contributed by atoms with E-state index >= 15 is 0 Å². The Balaban J connectivity index is 2.24. The fourth-order valence-corrected chi connectivity index (χ4v) is 2.51. The van der Waals surface area contributed by atoms with Crippen molar-refractivity contribution in [3.8, 4) is 0 Å². The Morgan fingerprint density at radius 1 is 1.11 bits per heavy atom. The lowest BCUT2D eigenvalue weighted by Gasteiger charge is -2.22. The van der Waals surface area contributed by atoms with Crippen LogP contribution in [0.25, 0.3) is 0 Å². The van der Waals surface area contributed by atoms with Gasteiger partial charge in [-0.05, 0) is 23.8 Å². The summed E-state index contributed by atoms with van der Waals surface area (Å²) in [6, 6.07) is 12.4. The van der Waals surface area contributed by atoms with Gasteiger partial charge >= 0.3 is 0 Å². The van der Waals surface area contributed by atoms with Crippen molar-refractivity contribution in [3.63, 3.8) is 0 Å². The summed E-state index contributed by atoms with van der Waals surface area (Å²) in [7, 11) is 1.61. The van der Waals surface area contributed by atoms with Crippen LogP contribution in [0.4, 0.5) is 10.1 Å². The van der Waals surface area contributed by atoms with Crippen molar-refractivity contribution >= 4 is 11.6 Å². The molecule has 0 aromatic heterocycles. The van der Waals surface area contributed by atoms with Crippen LogP contribution in [0, 0.1) is 5.82 Å². The predicted molar refractivity (Wildman–Crippen MR) is 69.3 cm³/mol. The lowest BCUT2D eigenvalue weighted by molar-refractivity contribution is -0.131. The van der Waals surface area contributed by atoms with Gasteiger partial charge in [0.1, 0.15) is 5.82 Å². The molecule has 19 heavy (non-hydrogen) atoms. The van der Waals surface area contributed by atoms with Gasteiger partial charge in [-0.2, -0.15) is 0 Å². The SMILES string of the molecule is CN1C(=O)[C@](O)(c2ccc(F)cc2)c2ccccc21. The summed E-state index contributed by atoms with van der Waals surface area (Å²) in [5.74, 6) is -0.834. The molecule has 0 bridgehead atoms. The molecule has 0 radical (unpaired) electrons. The van der Waals surface area contributed by atoms with Crippen LogP contribution in [0.15, 0.2) is 48.5 Å². The molecule has 1 heterocycles. The van der Waals surface area contributed by atoms with Gasteiger partial charge in [0.25, 0.3) is 5.91 Å². The third-order valence-electron chi connectivity index (χ3n) is 3.53. The van der Waals surface area contributed by atoms with Crippen LogP contribution in [-0.2, 0) is 10.4 Å². The minimum atomic E-state index is -1.74. The number of amides is 1. The maximum atomic E-state index is 13.0. The highest BCUT2D eigenvalue weighted by Gasteiger charge is 2.49. The molecule has 3 rings (SSSR count). The number of fused-ring (bicyclic) bond motifs is 1. The highest BCUT2D eigenvalue weighted by molar-refractivity contribution is 6.08. The first-order valence-corrected chi connectivity index (χ1v) is 5.91. The number of para-hydroxylation sites is 1. The zero-order chi connectivity index (χ0) is 13.6. The van der Waals surface area contributed by atoms with Gasteiger partial charge in [-0.3, -0.25) is 4.79 Å². The molecule has 0 aliphatic carbocycles. The van der Waals surface area contributed by atoms with Crippen LogP contribution in [0.1, 0.15) is 11.1 Å². The molecule has 0 saturated carbocycles. The third kappa shape index (κ3) is 1.50. The van der Waals surface area contributed by atoms with E-state index in [-0.39, 0.29) is 0 Å². The molecular weight excluding hydrogens is 245 g/mol. The number of aliphatic hydroxyl groups is 1. The molecule has 0 fully saturated rings. The smallest absolute Gasteiger partial charge is 0.268 e. The van der Waals surface area contributed by atoms with E-state index in [4.69, 9.17) is 0 Å². The fraction of sp³-hybridized carbons (Fsp3) is 0.133. The largest absolute Gasteiger partial charge is 0.372 e. The average molecular weight is 257 g/mol. The number of likely N-dealkylation sites (N-methyl/N-ethyl adjacent to an activating group) is 1. The maximum absolute atomic E-state index is 13.0. The van der Waals surface area contributed by atoms with Crippen molar-refractivity contribution in [1.82, 2.24) is 0 Å². The van der Waals surface area contributed by atoms with Gasteiger partial charge < -0.3 is 10.0 Å². The van der Waals surface area contributed by atoms with Gasteiger partial charge in [0, 0.05) is 12.6 Å². The Hall–Kier alpha value is -2.20. The van der Waals surface area contributed by atoms with Gasteiger partial charge in [0.05, 0.1) is 5.69 Å². The highest BCUT2D eigenvalue weighted by atomic mass is 19.1. The number of rotatable bonds is 1. The summed E-state index contributed by atoms with van der Waals surface area (Å²) in [4.78, 5) is 13.8. The van der Waals surface area contributed by atoms with Gasteiger partial charge in [-0.15, -0.1) is 0 Å². The van der Waals surface area contributed by atoms with Crippen LogP contribution in [-0.4, -0.2) is 18.1 Å². The molecule has 1 atom stereocenters. The Labute approximate surface area is 109 Å². The first-order valence-electron chi connectivity index (χ1n) is 5.91. The van der Waals surface area contributed by atoms with E-state index in [1.54, 1.807) is 31.3 Å². The third-order valence-corrected chi connectivity index (χ3v) is 3.53. The van der Waals surface area contributed by atoms with Crippen LogP contribution in [0.2, 0.25) is 0 Å². The molecule has 96 valence electrons. The summed E-state index contributed by atoms with van der Waals surface area (Å²) in [6.07, 6.45) is 0. The van der Waals surface area contributed by atoms with Crippen LogP contribution in [0.5, 0.6) is 0 Å². The minimum Gasteiger partial charge on any atom is -0.372 e. The zero-order valence-electron chi connectivity index (χ0n) is 10.3. The van der Waals surface area contributed by atoms with Gasteiger partial charge in [-0.25, -0.2) is 4.39 Å². The number of nitrogens with zero attached hydrogens (tertiary/aromatic N) is 1. The zero-order valence-corrected chi connectivity index (χ0v) is 10.3. The van der Waals surface area contributed by atoms with Crippen molar-refractivity contribution in [2.75, 3.05) is 11.9 Å². The van der Waals surface area contributed by atoms with E-state index in [1.165, 1.54) is 29.2 Å². The Kier molecular flexibility index (Phi) is 2.43. The van der Waals surface area contributed by atoms with E-state index in [1.807, 2.05) is 0 Å². The molecule has 0 saturated heterocycles. The second-order valence-corrected chi connectivity index (χ2v) is 4.60. The molecule has 2 aromatic carbocycles. The van der Waals surface area contributed by atoms with Gasteiger partial charge in [0.15, 0.2) is 5.60 Å². The number of hydrogen-bond donors (Lipinski definition) is 1. The normalized spacial score (nSPS) is 21.6. The minimum absolute atomic E-state index is 0.371. The Morgan fingerprint density at radius 3 is 2.42 bits per heavy atom. The molecular formula is C15H12FNO2. The number of benzene rings is 2. The molecule has 1 amide bonds. The highest BCUT2D eigenvalue weighted by Crippen LogP contribution is 2.43. The molecule has 2 aromatic rings. The lowest BCUT2D eigenvalue weighted by atomic mass is 9.87. The molecule has 3 nitrogen and oxygen atoms in total. The van der Waals surface area contributed by atoms with Crippen LogP contribution < -0.4 is 4.90 Å². The molecule has 0 unspecified atom stereocenters. The maximum Gasteiger partial charge on any atom is 0.268 e. The van der Waals surface area contributed by atoms with Crippen LogP contribution in [0.3, 0.4) is 0 Å². The summed E-state index contributed by atoms with van der Waals surface area (Å²) < 4.78 is 13.0. The van der Waals surface area contributed by atoms with Crippen LogP contribution >= 0.6 is 0 Å². The number of carbonyl (C=O) groups is 1. The number of halogens is 1. The topological polar surface area (TPSA) is 40.5 Å². The monoisotopic (exact) mass is 257 g/mol. The number of carbonyl (C=O) groups excluding carboxylic acids is 1. The van der Waals surface area contributed by atoms with Gasteiger partial charge in [0.2, 0.25) is 0 Å². The Morgan fingerprint density at radius 2 is 1.74 bits per heavy atom. The second kappa shape index (κ2) is 3.90. The molecule has 1 aliphatic heterocycles. The van der Waals surface area contributed by atoms with E-state index in [0.717, 1.165) is 0 Å². The summed E-state index contributed by atoms with van der Waals surface area (Å²) in [5.41, 5.74) is -0.178. The van der Waals surface area contributed by atoms with Gasteiger partial charge in [-0.1, -0.05) is 30.3 Å². The number of anilines is 1. The van der Waals surface area contributed by atoms with E-state index < -0.39 is 17.3 Å². The number of hydrogen-bond acceptors (Lipinski definition) is 2. The predicted octanol–water partition coefficient (Wildman–Crippen LogP) is 2.04. The summed E-state index contributed by atoms with van der Waals surface area (Å²) >= 11 is 0. The fourth-order valence-electron chi connectivity index (χ4n) is 2.51. The molecule has 1 N–H and O–H groups in total. The van der Waals surface area contributed by atoms with Crippen molar-refractivity contribution in [2.45, 2.75) is 5.60 Å². The second-order valence-electron chi connectivity index (χ2n) is 4.60. The van der Waals surface area contributed by atoms with Crippen molar-refractivity contribution in [2.24, 2.45) is 0 Å². The molecule has 4 heteroatoms. The van der Waals surface area contributed by atoms with E-state index in [9.17, 15) is 14.3 Å². The average Bonchev–Trinajstić information content (AvgIpc) is 2.63. The summed E-state index contributed by atoms with van der Waals surface area (Å²) in [5, 5.41) is 10.8. The standard InChI is InChI=1S/C15H12FNO2/c1-17-13-5-3-2-4-12(13)15(19,14(17)18)10-6-8-11(16)9-7-10/h2-9,19H,1H3/t15-/m0/s1. The first kappa shape index (κ1) is 11.9. The molecule has 0 spiro atoms. The quantitative estimate of drug-likeness (QED) is 0.849. The molecule has 1 aliphatic rings. The van der Waals surface area contributed by atoms with Crippen molar-refractivity contribution in [1.29, 1.82) is 0 Å².